The minimum Gasteiger partial charge on any atom is -0.353 e. The number of rotatable bonds is 4. The number of amides is 1. The summed E-state index contributed by atoms with van der Waals surface area (Å²) in [6, 6.07) is 7.55. The monoisotopic (exact) mass is 382 g/mol. The van der Waals surface area contributed by atoms with Crippen LogP contribution in [0.2, 0.25) is 0 Å². The van der Waals surface area contributed by atoms with Gasteiger partial charge in [-0.15, -0.1) is 11.3 Å². The van der Waals surface area contributed by atoms with Crippen molar-refractivity contribution in [2.45, 2.75) is 51.2 Å². The molecule has 0 aliphatic heterocycles. The fraction of sp³-hybridized carbons (Fsp3) is 0.474. The van der Waals surface area contributed by atoms with Crippen molar-refractivity contribution in [3.8, 4) is 10.6 Å². The average molecular weight is 382 g/mol. The Labute approximate surface area is 154 Å². The fourth-order valence-electron chi connectivity index (χ4n) is 3.36. The van der Waals surface area contributed by atoms with Gasteiger partial charge in [-0.05, 0) is 32.3 Å². The highest BCUT2D eigenvalue weighted by molar-refractivity contribution is 7.13. The molecule has 1 aromatic heterocycles. The summed E-state index contributed by atoms with van der Waals surface area (Å²) in [6.45, 7) is 2.00. The average Bonchev–Trinajstić information content (AvgIpc) is 3.02. The number of hydrogen-bond donors (Lipinski definition) is 1. The Hall–Kier alpha value is -1.89. The van der Waals surface area contributed by atoms with E-state index in [0.29, 0.717) is 18.5 Å². The zero-order valence-corrected chi connectivity index (χ0v) is 15.3. The topological polar surface area (TPSA) is 42.0 Å². The smallest absolute Gasteiger partial charge is 0.353 e. The van der Waals surface area contributed by atoms with Gasteiger partial charge >= 0.3 is 6.18 Å². The van der Waals surface area contributed by atoms with Gasteiger partial charge in [-0.25, -0.2) is 4.98 Å². The van der Waals surface area contributed by atoms with E-state index in [1.165, 1.54) is 11.3 Å². The van der Waals surface area contributed by atoms with Gasteiger partial charge in [0.25, 0.3) is 0 Å². The number of nitrogens with zero attached hydrogens (tertiary/aromatic N) is 1. The lowest BCUT2D eigenvalue weighted by molar-refractivity contribution is -0.184. The zero-order chi connectivity index (χ0) is 18.7. The van der Waals surface area contributed by atoms with Crippen molar-refractivity contribution < 1.29 is 18.0 Å². The summed E-state index contributed by atoms with van der Waals surface area (Å²) < 4.78 is 38.6. The Morgan fingerprint density at radius 2 is 2.15 bits per heavy atom. The minimum absolute atomic E-state index is 0.0269. The lowest BCUT2D eigenvalue weighted by Crippen LogP contribution is -2.42. The van der Waals surface area contributed by atoms with Gasteiger partial charge in [0.05, 0.1) is 18.0 Å². The molecule has 1 N–H and O–H groups in total. The van der Waals surface area contributed by atoms with E-state index >= 15 is 0 Å². The Morgan fingerprint density at radius 1 is 1.35 bits per heavy atom. The van der Waals surface area contributed by atoms with Gasteiger partial charge in [0, 0.05) is 17.0 Å². The summed E-state index contributed by atoms with van der Waals surface area (Å²) in [5, 5.41) is 5.42. The van der Waals surface area contributed by atoms with E-state index in [9.17, 15) is 18.0 Å². The maximum Gasteiger partial charge on any atom is 0.391 e. The van der Waals surface area contributed by atoms with E-state index in [0.717, 1.165) is 16.1 Å². The lowest BCUT2D eigenvalue weighted by atomic mass is 9.85. The molecule has 0 spiro atoms. The number of nitrogens with one attached hydrogen (secondary N) is 1. The molecule has 1 amide bonds. The third-order valence-corrected chi connectivity index (χ3v) is 5.60. The highest BCUT2D eigenvalue weighted by Gasteiger charge is 2.42. The zero-order valence-electron chi connectivity index (χ0n) is 14.5. The molecule has 26 heavy (non-hydrogen) atoms. The highest BCUT2D eigenvalue weighted by atomic mass is 32.1. The van der Waals surface area contributed by atoms with Gasteiger partial charge in [0.1, 0.15) is 5.01 Å². The molecule has 0 unspecified atom stereocenters. The second kappa shape index (κ2) is 7.78. The second-order valence-electron chi connectivity index (χ2n) is 6.86. The molecule has 0 saturated heterocycles. The van der Waals surface area contributed by atoms with Crippen LogP contribution in [0.3, 0.4) is 0 Å². The first-order chi connectivity index (χ1) is 12.3. The number of alkyl halides is 3. The van der Waals surface area contributed by atoms with Gasteiger partial charge in [0.2, 0.25) is 5.91 Å². The number of hydrogen-bond acceptors (Lipinski definition) is 3. The van der Waals surface area contributed by atoms with Gasteiger partial charge in [-0.3, -0.25) is 4.79 Å². The quantitative estimate of drug-likeness (QED) is 0.817. The molecule has 140 valence electrons. The molecule has 0 bridgehead atoms. The summed E-state index contributed by atoms with van der Waals surface area (Å²) in [4.78, 5) is 16.7. The lowest BCUT2D eigenvalue weighted by Gasteiger charge is -2.31. The van der Waals surface area contributed by atoms with Crippen LogP contribution < -0.4 is 5.32 Å². The predicted octanol–water partition coefficient (Wildman–Crippen LogP) is 4.90. The summed E-state index contributed by atoms with van der Waals surface area (Å²) in [6.07, 6.45) is -2.87. The van der Waals surface area contributed by atoms with Crippen molar-refractivity contribution in [2.24, 2.45) is 5.92 Å². The van der Waals surface area contributed by atoms with Crippen molar-refractivity contribution in [3.05, 3.63) is 40.9 Å². The third-order valence-electron chi connectivity index (χ3n) is 4.66. The molecule has 2 atom stereocenters. The Balaban J connectivity index is 1.57. The van der Waals surface area contributed by atoms with E-state index in [1.807, 2.05) is 36.6 Å². The number of carbonyl (C=O) groups is 1. The number of aryl methyl sites for hydroxylation is 1. The molecule has 0 radical (unpaired) electrons. The summed E-state index contributed by atoms with van der Waals surface area (Å²) >= 11 is 1.46. The third kappa shape index (κ3) is 4.84. The van der Waals surface area contributed by atoms with Crippen LogP contribution in [0, 0.1) is 12.8 Å². The van der Waals surface area contributed by atoms with E-state index in [4.69, 9.17) is 0 Å². The fourth-order valence-corrected chi connectivity index (χ4v) is 4.18. The molecule has 2 aromatic rings. The summed E-state index contributed by atoms with van der Waals surface area (Å²) in [5.74, 6) is -1.58. The van der Waals surface area contributed by atoms with Gasteiger partial charge in [-0.1, -0.05) is 30.2 Å². The molecule has 7 heteroatoms. The number of halogens is 3. The van der Waals surface area contributed by atoms with E-state index in [-0.39, 0.29) is 25.2 Å². The molecular formula is C19H21F3N2OS. The van der Waals surface area contributed by atoms with Crippen molar-refractivity contribution in [2.75, 3.05) is 0 Å². The summed E-state index contributed by atoms with van der Waals surface area (Å²) in [7, 11) is 0. The van der Waals surface area contributed by atoms with Crippen LogP contribution in [-0.4, -0.2) is 23.1 Å². The van der Waals surface area contributed by atoms with Crippen molar-refractivity contribution >= 4 is 17.2 Å². The largest absolute Gasteiger partial charge is 0.391 e. The van der Waals surface area contributed by atoms with Crippen LogP contribution >= 0.6 is 11.3 Å². The van der Waals surface area contributed by atoms with Crippen molar-refractivity contribution in [1.29, 1.82) is 0 Å². The predicted molar refractivity (Wildman–Crippen MR) is 95.9 cm³/mol. The molecule has 1 aliphatic rings. The van der Waals surface area contributed by atoms with Crippen molar-refractivity contribution in [3.63, 3.8) is 0 Å². The standard InChI is InChI=1S/C19H21F3N2OS/c1-12-4-2-5-13(8-12)18-24-16(11-26-18)10-17(25)23-15-7-3-6-14(9-15)19(20,21)22/h2,4-5,8,11,14-15H,3,6-7,9-10H2,1H3,(H,23,25)/t14-,15-/m0/s1. The minimum atomic E-state index is -4.18. The Morgan fingerprint density at radius 3 is 2.88 bits per heavy atom. The first kappa shape index (κ1) is 18.9. The second-order valence-corrected chi connectivity index (χ2v) is 7.72. The van der Waals surface area contributed by atoms with Crippen LogP contribution in [0.5, 0.6) is 0 Å². The molecule has 1 aliphatic carbocycles. The molecule has 3 rings (SSSR count). The molecular weight excluding hydrogens is 361 g/mol. The summed E-state index contributed by atoms with van der Waals surface area (Å²) in [5.41, 5.74) is 2.78. The van der Waals surface area contributed by atoms with Crippen LogP contribution in [-0.2, 0) is 11.2 Å². The maximum absolute atomic E-state index is 12.9. The van der Waals surface area contributed by atoms with E-state index in [1.54, 1.807) is 0 Å². The Kier molecular flexibility index (Phi) is 5.65. The SMILES string of the molecule is Cc1cccc(-c2nc(CC(=O)N[C@H]3CCC[C@H](C(F)(F)F)C3)cs2)c1. The highest BCUT2D eigenvalue weighted by Crippen LogP contribution is 2.37. The first-order valence-corrected chi connectivity index (χ1v) is 9.57. The van der Waals surface area contributed by atoms with Gasteiger partial charge < -0.3 is 5.32 Å². The van der Waals surface area contributed by atoms with Gasteiger partial charge in [-0.2, -0.15) is 13.2 Å². The maximum atomic E-state index is 12.9. The molecule has 1 aromatic carbocycles. The molecule has 1 heterocycles. The first-order valence-electron chi connectivity index (χ1n) is 8.69. The molecule has 1 fully saturated rings. The van der Waals surface area contributed by atoms with Crippen LogP contribution in [0.15, 0.2) is 29.6 Å². The van der Waals surface area contributed by atoms with Crippen molar-refractivity contribution in [1.82, 2.24) is 10.3 Å². The number of carbonyl (C=O) groups excluding carboxylic acids is 1. The van der Waals surface area contributed by atoms with Crippen LogP contribution in [0.25, 0.3) is 10.6 Å². The number of aromatic nitrogens is 1. The van der Waals surface area contributed by atoms with Crippen LogP contribution in [0.1, 0.15) is 36.9 Å². The number of benzene rings is 1. The number of thiazole rings is 1. The van der Waals surface area contributed by atoms with Crippen LogP contribution in [0.4, 0.5) is 13.2 Å². The van der Waals surface area contributed by atoms with E-state index < -0.39 is 18.1 Å². The molecule has 3 nitrogen and oxygen atoms in total. The van der Waals surface area contributed by atoms with Gasteiger partial charge in [0.15, 0.2) is 0 Å². The van der Waals surface area contributed by atoms with E-state index in [2.05, 4.69) is 10.3 Å². The normalized spacial score (nSPS) is 20.8. The Bertz CT molecular complexity index is 772. The molecule has 1 saturated carbocycles.